The quantitative estimate of drug-likeness (QED) is 0.246. The summed E-state index contributed by atoms with van der Waals surface area (Å²) in [4.78, 5) is 11.3. The maximum atomic E-state index is 11.3. The Kier molecular flexibility index (Phi) is 5.65. The molecule has 2 aliphatic rings. The van der Waals surface area contributed by atoms with Crippen molar-refractivity contribution in [3.63, 3.8) is 0 Å². The normalized spacial score (nSPS) is 32.8. The van der Waals surface area contributed by atoms with Crippen LogP contribution >= 0.6 is 0 Å². The minimum absolute atomic E-state index is 0.0725. The summed E-state index contributed by atoms with van der Waals surface area (Å²) in [7, 11) is 0. The minimum Gasteiger partial charge on any atom is -0.476 e. The van der Waals surface area contributed by atoms with Crippen LogP contribution < -0.4 is 0 Å². The summed E-state index contributed by atoms with van der Waals surface area (Å²) in [5.74, 6) is 1.05. The molecule has 0 heterocycles. The van der Waals surface area contributed by atoms with Gasteiger partial charge in [-0.05, 0) is 50.4 Å². The highest BCUT2D eigenvalue weighted by Gasteiger charge is 2.37. The van der Waals surface area contributed by atoms with Crippen LogP contribution in [0.5, 0.6) is 0 Å². The fraction of sp³-hybridized carbons (Fsp3) is 0.688. The number of hydrogen-bond donors (Lipinski definition) is 0. The van der Waals surface area contributed by atoms with Crippen molar-refractivity contribution < 1.29 is 19.0 Å². The van der Waals surface area contributed by atoms with Gasteiger partial charge >= 0.3 is 5.97 Å². The maximum Gasteiger partial charge on any atom is 0.330 e. The lowest BCUT2D eigenvalue weighted by atomic mass is 9.69. The molecule has 4 nitrogen and oxygen atoms in total. The lowest BCUT2D eigenvalue weighted by molar-refractivity contribution is -0.147. The predicted octanol–water partition coefficient (Wildman–Crippen LogP) is 3.19. The van der Waals surface area contributed by atoms with Crippen molar-refractivity contribution in [3.05, 3.63) is 25.5 Å². The molecule has 0 saturated heterocycles. The van der Waals surface area contributed by atoms with E-state index < -0.39 is 0 Å². The fourth-order valence-corrected chi connectivity index (χ4v) is 3.46. The van der Waals surface area contributed by atoms with E-state index in [-0.39, 0.29) is 12.1 Å². The maximum absolute atomic E-state index is 11.3. The highest BCUT2D eigenvalue weighted by Crippen LogP contribution is 2.42. The Morgan fingerprint density at radius 1 is 1.05 bits per heavy atom. The molecule has 20 heavy (non-hydrogen) atoms. The largest absolute Gasteiger partial charge is 0.476 e. The molecule has 0 aromatic rings. The highest BCUT2D eigenvalue weighted by atomic mass is 16.7. The van der Waals surface area contributed by atoms with Crippen molar-refractivity contribution in [2.75, 3.05) is 6.79 Å². The molecule has 2 saturated carbocycles. The number of hydrogen-bond acceptors (Lipinski definition) is 4. The fourth-order valence-electron chi connectivity index (χ4n) is 3.46. The van der Waals surface area contributed by atoms with Gasteiger partial charge in [-0.3, -0.25) is 0 Å². The van der Waals surface area contributed by atoms with E-state index in [1.165, 1.54) is 12.3 Å². The molecule has 2 aliphatic carbocycles. The number of fused-ring (bicyclic) bond motifs is 1. The predicted molar refractivity (Wildman–Crippen MR) is 75.8 cm³/mol. The summed E-state index contributed by atoms with van der Waals surface area (Å²) in [5, 5.41) is 0. The molecule has 4 atom stereocenters. The summed E-state index contributed by atoms with van der Waals surface area (Å²) < 4.78 is 16.1. The van der Waals surface area contributed by atoms with E-state index in [0.29, 0.717) is 24.7 Å². The van der Waals surface area contributed by atoms with E-state index in [0.717, 1.165) is 38.5 Å². The van der Waals surface area contributed by atoms with Crippen LogP contribution in [0.2, 0.25) is 0 Å². The average molecular weight is 280 g/mol. The molecular formula is C16H24O4. The third kappa shape index (κ3) is 4.10. The molecule has 0 spiro atoms. The Morgan fingerprint density at radius 3 is 2.35 bits per heavy atom. The van der Waals surface area contributed by atoms with Gasteiger partial charge in [0, 0.05) is 6.08 Å². The van der Waals surface area contributed by atoms with E-state index in [1.54, 1.807) is 0 Å². The number of rotatable bonds is 6. The van der Waals surface area contributed by atoms with Crippen LogP contribution in [0.1, 0.15) is 38.5 Å². The molecule has 2 rings (SSSR count). The molecule has 112 valence electrons. The average Bonchev–Trinajstić information content (AvgIpc) is 2.47. The van der Waals surface area contributed by atoms with Crippen molar-refractivity contribution in [2.24, 2.45) is 11.8 Å². The Labute approximate surface area is 120 Å². The van der Waals surface area contributed by atoms with E-state index in [1.807, 2.05) is 0 Å². The molecule has 4 heteroatoms. The van der Waals surface area contributed by atoms with Crippen molar-refractivity contribution in [1.82, 2.24) is 0 Å². The monoisotopic (exact) mass is 280 g/mol. The van der Waals surface area contributed by atoms with Gasteiger partial charge < -0.3 is 14.2 Å². The molecule has 0 aromatic heterocycles. The Hall–Kier alpha value is -1.29. The third-order valence-electron chi connectivity index (χ3n) is 4.46. The first-order valence-electron chi connectivity index (χ1n) is 7.40. The first-order valence-corrected chi connectivity index (χ1v) is 7.40. The van der Waals surface area contributed by atoms with Crippen LogP contribution in [0.25, 0.3) is 0 Å². The van der Waals surface area contributed by atoms with Gasteiger partial charge in [-0.1, -0.05) is 13.2 Å². The van der Waals surface area contributed by atoms with E-state index in [9.17, 15) is 4.79 Å². The first kappa shape index (κ1) is 15.1. The molecule has 0 amide bonds. The van der Waals surface area contributed by atoms with Crippen molar-refractivity contribution >= 4 is 5.97 Å². The van der Waals surface area contributed by atoms with Crippen molar-refractivity contribution in [1.29, 1.82) is 0 Å². The summed E-state index contributed by atoms with van der Waals surface area (Å²) in [5.41, 5.74) is 0. The zero-order valence-corrected chi connectivity index (χ0v) is 12.0. The van der Waals surface area contributed by atoms with Crippen LogP contribution in [0.4, 0.5) is 0 Å². The highest BCUT2D eigenvalue weighted by molar-refractivity contribution is 5.81. The van der Waals surface area contributed by atoms with Crippen molar-refractivity contribution in [3.8, 4) is 0 Å². The Bertz CT molecular complexity index is 352. The lowest BCUT2D eigenvalue weighted by Crippen LogP contribution is -2.37. The van der Waals surface area contributed by atoms with E-state index in [4.69, 9.17) is 14.2 Å². The summed E-state index contributed by atoms with van der Waals surface area (Å²) in [6, 6.07) is 0. The van der Waals surface area contributed by atoms with Gasteiger partial charge in [0.05, 0.1) is 12.4 Å². The molecule has 0 bridgehead atoms. The number of ether oxygens (including phenoxy) is 3. The zero-order valence-electron chi connectivity index (χ0n) is 12.0. The zero-order chi connectivity index (χ0) is 14.4. The summed E-state index contributed by atoms with van der Waals surface area (Å²) >= 11 is 0. The third-order valence-corrected chi connectivity index (χ3v) is 4.46. The molecule has 0 aromatic carbocycles. The Balaban J connectivity index is 1.75. The van der Waals surface area contributed by atoms with Gasteiger partial charge in [0.2, 0.25) is 0 Å². The first-order chi connectivity index (χ1) is 9.72. The number of carbonyl (C=O) groups is 1. The van der Waals surface area contributed by atoms with Crippen LogP contribution in [0.3, 0.4) is 0 Å². The van der Waals surface area contributed by atoms with Gasteiger partial charge in [-0.25, -0.2) is 4.79 Å². The molecule has 0 N–H and O–H groups in total. The standard InChI is InChI=1S/C16H24O4/c1-3-16(17)20-15-8-6-12-9-14(19-11-18-4-2)7-5-13(12)10-15/h3-4,12-15H,1-2,5-11H2. The topological polar surface area (TPSA) is 44.8 Å². The van der Waals surface area contributed by atoms with Crippen LogP contribution in [0.15, 0.2) is 25.5 Å². The molecule has 0 aliphatic heterocycles. The molecular weight excluding hydrogens is 256 g/mol. The number of carbonyl (C=O) groups excluding carboxylic acids is 1. The van der Waals surface area contributed by atoms with Crippen LogP contribution in [-0.2, 0) is 19.0 Å². The molecule has 4 unspecified atom stereocenters. The molecule has 0 radical (unpaired) electrons. The SMILES string of the molecule is C=COCOC1CCC2CC(OC(=O)C=C)CCC2C1. The summed E-state index contributed by atoms with van der Waals surface area (Å²) in [6.45, 7) is 7.24. The second-order valence-electron chi connectivity index (χ2n) is 5.65. The second-order valence-corrected chi connectivity index (χ2v) is 5.65. The Morgan fingerprint density at radius 2 is 1.70 bits per heavy atom. The molecule has 2 fully saturated rings. The summed E-state index contributed by atoms with van der Waals surface area (Å²) in [6.07, 6.45) is 9.37. The van der Waals surface area contributed by atoms with Gasteiger partial charge in [-0.2, -0.15) is 0 Å². The lowest BCUT2D eigenvalue weighted by Gasteiger charge is -2.41. The van der Waals surface area contributed by atoms with Gasteiger partial charge in [0.25, 0.3) is 0 Å². The van der Waals surface area contributed by atoms with Crippen LogP contribution in [0, 0.1) is 11.8 Å². The van der Waals surface area contributed by atoms with E-state index in [2.05, 4.69) is 13.2 Å². The van der Waals surface area contributed by atoms with Gasteiger partial charge in [0.15, 0.2) is 6.79 Å². The van der Waals surface area contributed by atoms with Crippen LogP contribution in [-0.4, -0.2) is 25.0 Å². The number of esters is 1. The smallest absolute Gasteiger partial charge is 0.330 e. The van der Waals surface area contributed by atoms with E-state index >= 15 is 0 Å². The van der Waals surface area contributed by atoms with Gasteiger partial charge in [-0.15, -0.1) is 0 Å². The second kappa shape index (κ2) is 7.48. The van der Waals surface area contributed by atoms with Crippen molar-refractivity contribution in [2.45, 2.75) is 50.7 Å². The minimum atomic E-state index is -0.299. The van der Waals surface area contributed by atoms with Gasteiger partial charge in [0.1, 0.15) is 6.10 Å².